The highest BCUT2D eigenvalue weighted by Crippen LogP contribution is 2.09. The van der Waals surface area contributed by atoms with E-state index in [-0.39, 0.29) is 0 Å². The molecule has 0 fully saturated rings. The molecular formula is C15H24. The fourth-order valence-electron chi connectivity index (χ4n) is 1.15. The third-order valence-corrected chi connectivity index (χ3v) is 2.37. The van der Waals surface area contributed by atoms with Gasteiger partial charge in [0.1, 0.15) is 0 Å². The smallest absolute Gasteiger partial charge is 0.0139 e. The van der Waals surface area contributed by atoms with Gasteiger partial charge in [0.2, 0.25) is 0 Å². The monoisotopic (exact) mass is 204 g/mol. The first-order chi connectivity index (χ1) is 7.06. The number of rotatable bonds is 6. The van der Waals surface area contributed by atoms with Crippen LogP contribution >= 0.6 is 0 Å². The van der Waals surface area contributed by atoms with Gasteiger partial charge in [0.25, 0.3) is 0 Å². The summed E-state index contributed by atoms with van der Waals surface area (Å²) in [5.41, 5.74) is 4.04. The van der Waals surface area contributed by atoms with Crippen molar-refractivity contribution in [2.75, 3.05) is 0 Å². The highest BCUT2D eigenvalue weighted by atomic mass is 14.0. The van der Waals surface area contributed by atoms with E-state index in [4.69, 9.17) is 0 Å². The van der Waals surface area contributed by atoms with E-state index in [1.54, 1.807) is 0 Å². The van der Waals surface area contributed by atoms with Crippen LogP contribution < -0.4 is 0 Å². The van der Waals surface area contributed by atoms with E-state index in [0.29, 0.717) is 0 Å². The molecule has 0 unspecified atom stereocenters. The van der Waals surface area contributed by atoms with Gasteiger partial charge >= 0.3 is 0 Å². The summed E-state index contributed by atoms with van der Waals surface area (Å²) in [6.45, 7) is 12.3. The zero-order valence-electron chi connectivity index (χ0n) is 10.6. The lowest BCUT2D eigenvalue weighted by atomic mass is 10.1. The van der Waals surface area contributed by atoms with Crippen LogP contribution in [0, 0.1) is 0 Å². The SMILES string of the molecule is C=C(C)/C=C/CC/C(C)=C/C/C(C)=C/C. The lowest BCUT2D eigenvalue weighted by molar-refractivity contribution is 0.962. The van der Waals surface area contributed by atoms with Crippen molar-refractivity contribution in [1.29, 1.82) is 0 Å². The Labute approximate surface area is 95.1 Å². The van der Waals surface area contributed by atoms with E-state index in [9.17, 15) is 0 Å². The van der Waals surface area contributed by atoms with Crippen molar-refractivity contribution >= 4 is 0 Å². The predicted octanol–water partition coefficient (Wildman–Crippen LogP) is 5.20. The van der Waals surface area contributed by atoms with Gasteiger partial charge in [-0.05, 0) is 47.0 Å². The van der Waals surface area contributed by atoms with Crippen molar-refractivity contribution in [3.05, 3.63) is 47.6 Å². The lowest BCUT2D eigenvalue weighted by Crippen LogP contribution is -1.78. The minimum Gasteiger partial charge on any atom is -0.0961 e. The van der Waals surface area contributed by atoms with E-state index < -0.39 is 0 Å². The number of hydrogen-bond donors (Lipinski definition) is 0. The highest BCUT2D eigenvalue weighted by molar-refractivity contribution is 5.12. The first kappa shape index (κ1) is 14.0. The Morgan fingerprint density at radius 1 is 1.13 bits per heavy atom. The summed E-state index contributed by atoms with van der Waals surface area (Å²) in [6.07, 6.45) is 12.1. The Kier molecular flexibility index (Phi) is 7.71. The zero-order valence-corrected chi connectivity index (χ0v) is 10.6. The molecule has 0 aromatic rings. The molecule has 84 valence electrons. The predicted molar refractivity (Wildman–Crippen MR) is 71.0 cm³/mol. The van der Waals surface area contributed by atoms with Gasteiger partial charge in [-0.1, -0.05) is 47.6 Å². The molecule has 0 aliphatic rings. The molecule has 0 heteroatoms. The lowest BCUT2D eigenvalue weighted by Gasteiger charge is -1.99. The van der Waals surface area contributed by atoms with Crippen molar-refractivity contribution in [1.82, 2.24) is 0 Å². The molecule has 0 nitrogen and oxygen atoms in total. The van der Waals surface area contributed by atoms with Gasteiger partial charge in [0.05, 0.1) is 0 Å². The van der Waals surface area contributed by atoms with Crippen LogP contribution in [0.4, 0.5) is 0 Å². The minimum atomic E-state index is 1.09. The van der Waals surface area contributed by atoms with Crippen LogP contribution in [-0.4, -0.2) is 0 Å². The van der Waals surface area contributed by atoms with Gasteiger partial charge in [-0.2, -0.15) is 0 Å². The van der Waals surface area contributed by atoms with E-state index in [1.165, 1.54) is 11.1 Å². The van der Waals surface area contributed by atoms with Crippen LogP contribution in [0.25, 0.3) is 0 Å². The van der Waals surface area contributed by atoms with Crippen LogP contribution in [0.5, 0.6) is 0 Å². The van der Waals surface area contributed by atoms with Gasteiger partial charge < -0.3 is 0 Å². The standard InChI is InChI=1S/C15H24/c1-6-14(4)11-12-15(5)10-8-7-9-13(2)3/h6-7,9,12H,2,8,10-11H2,1,3-5H3/b9-7+,14-6+,15-12+. The summed E-state index contributed by atoms with van der Waals surface area (Å²) in [4.78, 5) is 0. The van der Waals surface area contributed by atoms with Crippen molar-refractivity contribution in [3.8, 4) is 0 Å². The maximum Gasteiger partial charge on any atom is -0.0139 e. The average molecular weight is 204 g/mol. The van der Waals surface area contributed by atoms with E-state index in [1.807, 2.05) is 6.92 Å². The molecule has 0 N–H and O–H groups in total. The van der Waals surface area contributed by atoms with Crippen LogP contribution in [0.1, 0.15) is 47.0 Å². The van der Waals surface area contributed by atoms with Gasteiger partial charge in [0, 0.05) is 0 Å². The first-order valence-corrected chi connectivity index (χ1v) is 5.65. The van der Waals surface area contributed by atoms with Crippen molar-refractivity contribution < 1.29 is 0 Å². The molecule has 0 aromatic heterocycles. The van der Waals surface area contributed by atoms with E-state index in [0.717, 1.165) is 24.8 Å². The highest BCUT2D eigenvalue weighted by Gasteiger charge is 1.89. The first-order valence-electron chi connectivity index (χ1n) is 5.65. The summed E-state index contributed by atoms with van der Waals surface area (Å²) in [7, 11) is 0. The third kappa shape index (κ3) is 9.27. The molecule has 0 aromatic carbocycles. The van der Waals surface area contributed by atoms with E-state index in [2.05, 4.69) is 51.7 Å². The van der Waals surface area contributed by atoms with Crippen LogP contribution in [0.15, 0.2) is 47.6 Å². The molecule has 0 saturated heterocycles. The molecule has 0 aliphatic carbocycles. The van der Waals surface area contributed by atoms with Crippen molar-refractivity contribution in [2.24, 2.45) is 0 Å². The van der Waals surface area contributed by atoms with Gasteiger partial charge in [-0.3, -0.25) is 0 Å². The Hall–Kier alpha value is -1.04. The van der Waals surface area contributed by atoms with Crippen LogP contribution in [0.2, 0.25) is 0 Å². The van der Waals surface area contributed by atoms with E-state index >= 15 is 0 Å². The second-order valence-corrected chi connectivity index (χ2v) is 4.18. The molecule has 0 spiro atoms. The molecule has 0 radical (unpaired) electrons. The van der Waals surface area contributed by atoms with Gasteiger partial charge in [0.15, 0.2) is 0 Å². The van der Waals surface area contributed by atoms with Crippen LogP contribution in [-0.2, 0) is 0 Å². The van der Waals surface area contributed by atoms with Gasteiger partial charge in [-0.15, -0.1) is 0 Å². The molecule has 0 rings (SSSR count). The maximum atomic E-state index is 3.83. The zero-order chi connectivity index (χ0) is 11.7. The van der Waals surface area contributed by atoms with Gasteiger partial charge in [-0.25, -0.2) is 0 Å². The van der Waals surface area contributed by atoms with Crippen LogP contribution in [0.3, 0.4) is 0 Å². The second kappa shape index (κ2) is 8.28. The second-order valence-electron chi connectivity index (χ2n) is 4.18. The fraction of sp³-hybridized carbons (Fsp3) is 0.467. The molecule has 15 heavy (non-hydrogen) atoms. The van der Waals surface area contributed by atoms with Crippen molar-refractivity contribution in [3.63, 3.8) is 0 Å². The number of allylic oxidation sites excluding steroid dienone is 7. The molecule has 0 saturated carbocycles. The summed E-state index contributed by atoms with van der Waals surface area (Å²) >= 11 is 0. The Balaban J connectivity index is 3.83. The Morgan fingerprint density at radius 3 is 2.33 bits per heavy atom. The summed E-state index contributed by atoms with van der Waals surface area (Å²) in [6, 6.07) is 0. The molecular weight excluding hydrogens is 180 g/mol. The quantitative estimate of drug-likeness (QED) is 0.412. The topological polar surface area (TPSA) is 0 Å². The normalized spacial score (nSPS) is 13.6. The Morgan fingerprint density at radius 2 is 1.80 bits per heavy atom. The summed E-state index contributed by atoms with van der Waals surface area (Å²) in [5, 5.41) is 0. The largest absolute Gasteiger partial charge is 0.0961 e. The fourth-order valence-corrected chi connectivity index (χ4v) is 1.15. The average Bonchev–Trinajstić information content (AvgIpc) is 2.20. The minimum absolute atomic E-state index is 1.09. The molecule has 0 aliphatic heterocycles. The summed E-state index contributed by atoms with van der Waals surface area (Å²) in [5.74, 6) is 0. The van der Waals surface area contributed by atoms with Crippen molar-refractivity contribution in [2.45, 2.75) is 47.0 Å². The molecule has 0 amide bonds. The molecule has 0 bridgehead atoms. The number of hydrogen-bond acceptors (Lipinski definition) is 0. The molecule has 0 heterocycles. The third-order valence-electron chi connectivity index (χ3n) is 2.37. The Bertz CT molecular complexity index is 274. The maximum absolute atomic E-state index is 3.83. The summed E-state index contributed by atoms with van der Waals surface area (Å²) < 4.78 is 0. The molecule has 0 atom stereocenters.